The molecule has 0 bridgehead atoms. The number of rotatable bonds is 5. The van der Waals surface area contributed by atoms with Crippen LogP contribution in [0.15, 0.2) is 53.6 Å². The summed E-state index contributed by atoms with van der Waals surface area (Å²) in [5.74, 6) is 3.07. The van der Waals surface area contributed by atoms with E-state index in [1.807, 2.05) is 69.2 Å². The van der Waals surface area contributed by atoms with E-state index in [2.05, 4.69) is 28.2 Å². The van der Waals surface area contributed by atoms with Crippen LogP contribution < -0.4 is 7.80 Å². The number of hydrogen-bond donors (Lipinski definition) is 0. The third kappa shape index (κ3) is 3.13. The summed E-state index contributed by atoms with van der Waals surface area (Å²) in [6.07, 6.45) is 7.69. The number of hydrogen-bond acceptors (Lipinski definition) is 6. The van der Waals surface area contributed by atoms with Crippen molar-refractivity contribution >= 4 is 34.9 Å². The predicted molar refractivity (Wildman–Crippen MR) is 102 cm³/mol. The maximum Gasteiger partial charge on any atom is 0.202 e. The number of ether oxygens (including phenoxy) is 1. The summed E-state index contributed by atoms with van der Waals surface area (Å²) in [5, 5.41) is 8.28. The highest BCUT2D eigenvalue weighted by Crippen LogP contribution is 2.30. The minimum Gasteiger partial charge on any atom is -0.441 e. The van der Waals surface area contributed by atoms with Crippen molar-refractivity contribution < 1.29 is 7.80 Å². The molecule has 25 heavy (non-hydrogen) atoms. The van der Waals surface area contributed by atoms with Gasteiger partial charge in [-0.1, -0.05) is 0 Å². The Morgan fingerprint density at radius 2 is 2.04 bits per heavy atom. The zero-order valence-corrected chi connectivity index (χ0v) is 15.7. The lowest BCUT2D eigenvalue weighted by atomic mass is 10.1. The predicted octanol–water partition coefficient (Wildman–Crippen LogP) is 3.06. The van der Waals surface area contributed by atoms with Crippen LogP contribution in [-0.4, -0.2) is 38.6 Å². The van der Waals surface area contributed by atoms with E-state index >= 15 is 0 Å². The van der Waals surface area contributed by atoms with Crippen molar-refractivity contribution in [2.24, 2.45) is 4.99 Å². The standard InChI is InChI=1S/C17H16IN5O2/c1-2-22-11-20-21-17(22)12-7-13-9-19-10-23(13)16(8-12)24-14-3-5-15(25-18)6-4-14/h3-8,10-11,13H,2,9H2,1H3. The van der Waals surface area contributed by atoms with Gasteiger partial charge in [-0.3, -0.25) is 9.89 Å². The normalized spacial score (nSPS) is 18.6. The van der Waals surface area contributed by atoms with Gasteiger partial charge >= 0.3 is 0 Å². The molecule has 2 aliphatic heterocycles. The molecule has 1 atom stereocenters. The molecule has 7 nitrogen and oxygen atoms in total. The first kappa shape index (κ1) is 16.1. The summed E-state index contributed by atoms with van der Waals surface area (Å²) in [5.41, 5.74) is 0.994. The Balaban J connectivity index is 1.66. The summed E-state index contributed by atoms with van der Waals surface area (Å²) in [6.45, 7) is 3.58. The Labute approximate surface area is 159 Å². The molecular weight excluding hydrogens is 433 g/mol. The summed E-state index contributed by atoms with van der Waals surface area (Å²) >= 11 is 1.86. The number of halogens is 1. The molecule has 0 radical (unpaired) electrons. The monoisotopic (exact) mass is 449 g/mol. The zero-order chi connectivity index (χ0) is 17.2. The van der Waals surface area contributed by atoms with Crippen LogP contribution in [0.2, 0.25) is 0 Å². The fourth-order valence-corrected chi connectivity index (χ4v) is 3.14. The molecular formula is C17H16IN5O2. The second kappa shape index (κ2) is 6.87. The van der Waals surface area contributed by atoms with Crippen LogP contribution in [-0.2, 0) is 6.54 Å². The van der Waals surface area contributed by atoms with Gasteiger partial charge in [-0.05, 0) is 37.3 Å². The van der Waals surface area contributed by atoms with Gasteiger partial charge in [0, 0.05) is 18.2 Å². The molecule has 1 aromatic heterocycles. The second-order valence-electron chi connectivity index (χ2n) is 5.65. The number of aliphatic imine (C=N–C) groups is 1. The SMILES string of the molecule is CCn1cnnc1C1=CC2CN=CN2C(Oc2ccc(OI)cc2)=C1. The number of aromatic nitrogens is 3. The lowest BCUT2D eigenvalue weighted by Gasteiger charge is -2.28. The second-order valence-corrected chi connectivity index (χ2v) is 6.09. The lowest BCUT2D eigenvalue weighted by molar-refractivity contribution is 0.281. The molecule has 1 aromatic carbocycles. The summed E-state index contributed by atoms with van der Waals surface area (Å²) < 4.78 is 13.3. The minimum absolute atomic E-state index is 0.133. The highest BCUT2D eigenvalue weighted by atomic mass is 127. The lowest BCUT2D eigenvalue weighted by Crippen LogP contribution is -2.34. The number of allylic oxidation sites excluding steroid dienone is 2. The van der Waals surface area contributed by atoms with Crippen LogP contribution in [0, 0.1) is 0 Å². The Bertz CT molecular complexity index is 856. The van der Waals surface area contributed by atoms with Gasteiger partial charge in [-0.2, -0.15) is 0 Å². The van der Waals surface area contributed by atoms with Crippen molar-refractivity contribution in [1.29, 1.82) is 0 Å². The molecule has 0 saturated heterocycles. The molecule has 0 amide bonds. The van der Waals surface area contributed by atoms with Crippen molar-refractivity contribution in [3.8, 4) is 11.5 Å². The van der Waals surface area contributed by atoms with Crippen molar-refractivity contribution in [1.82, 2.24) is 19.7 Å². The van der Waals surface area contributed by atoms with Crippen LogP contribution in [0.4, 0.5) is 0 Å². The highest BCUT2D eigenvalue weighted by molar-refractivity contribution is 14.1. The van der Waals surface area contributed by atoms with Gasteiger partial charge in [0.1, 0.15) is 17.8 Å². The molecule has 3 heterocycles. The molecule has 1 unspecified atom stereocenters. The number of nitrogens with zero attached hydrogens (tertiary/aromatic N) is 5. The van der Waals surface area contributed by atoms with E-state index < -0.39 is 0 Å². The quantitative estimate of drug-likeness (QED) is 0.657. The number of benzene rings is 1. The maximum absolute atomic E-state index is 6.11. The molecule has 4 rings (SSSR count). The van der Waals surface area contributed by atoms with Crippen LogP contribution >= 0.6 is 23.0 Å². The largest absolute Gasteiger partial charge is 0.441 e. The van der Waals surface area contributed by atoms with Crippen molar-refractivity contribution in [2.45, 2.75) is 19.5 Å². The molecule has 2 aliphatic rings. The molecule has 2 aromatic rings. The molecule has 0 spiro atoms. The van der Waals surface area contributed by atoms with Gasteiger partial charge in [0.15, 0.2) is 28.8 Å². The average molecular weight is 449 g/mol. The number of fused-ring (bicyclic) bond motifs is 1. The average Bonchev–Trinajstić information content (AvgIpc) is 3.31. The Morgan fingerprint density at radius 3 is 2.80 bits per heavy atom. The smallest absolute Gasteiger partial charge is 0.202 e. The molecule has 128 valence electrons. The molecule has 8 heteroatoms. The fraction of sp³-hybridized carbons (Fsp3) is 0.235. The topological polar surface area (TPSA) is 64.8 Å². The minimum atomic E-state index is 0.133. The van der Waals surface area contributed by atoms with Gasteiger partial charge in [-0.15, -0.1) is 10.2 Å². The number of aryl methyl sites for hydroxylation is 1. The Hall–Kier alpha value is -2.36. The van der Waals surface area contributed by atoms with E-state index in [1.54, 1.807) is 6.33 Å². The molecule has 0 saturated carbocycles. The van der Waals surface area contributed by atoms with Crippen molar-refractivity contribution in [3.63, 3.8) is 0 Å². The van der Waals surface area contributed by atoms with Crippen LogP contribution in [0.25, 0.3) is 5.57 Å². The van der Waals surface area contributed by atoms with Gasteiger partial charge in [-0.25, -0.2) is 0 Å². The summed E-state index contributed by atoms with van der Waals surface area (Å²) in [4.78, 5) is 6.40. The first-order valence-corrected chi connectivity index (χ1v) is 8.83. The van der Waals surface area contributed by atoms with Crippen molar-refractivity contribution in [2.75, 3.05) is 6.54 Å². The first-order valence-electron chi connectivity index (χ1n) is 7.95. The van der Waals surface area contributed by atoms with Gasteiger partial charge in [0.05, 0.1) is 18.9 Å². The van der Waals surface area contributed by atoms with Gasteiger partial charge in [0.2, 0.25) is 5.88 Å². The summed E-state index contributed by atoms with van der Waals surface area (Å²) in [6, 6.07) is 7.62. The Morgan fingerprint density at radius 1 is 1.24 bits per heavy atom. The van der Waals surface area contributed by atoms with Gasteiger partial charge in [0.25, 0.3) is 0 Å². The van der Waals surface area contributed by atoms with E-state index in [-0.39, 0.29) is 6.04 Å². The van der Waals surface area contributed by atoms with Crippen LogP contribution in [0.3, 0.4) is 0 Å². The third-order valence-corrected chi connectivity index (χ3v) is 4.62. The zero-order valence-electron chi connectivity index (χ0n) is 13.5. The van der Waals surface area contributed by atoms with Gasteiger partial charge < -0.3 is 12.4 Å². The van der Waals surface area contributed by atoms with E-state index in [0.717, 1.165) is 35.3 Å². The van der Waals surface area contributed by atoms with E-state index in [4.69, 9.17) is 7.80 Å². The first-order chi connectivity index (χ1) is 12.3. The fourth-order valence-electron chi connectivity index (χ4n) is 2.84. The van der Waals surface area contributed by atoms with E-state index in [0.29, 0.717) is 6.54 Å². The van der Waals surface area contributed by atoms with Crippen LogP contribution in [0.1, 0.15) is 12.7 Å². The van der Waals surface area contributed by atoms with Crippen molar-refractivity contribution in [3.05, 3.63) is 54.5 Å². The third-order valence-electron chi connectivity index (χ3n) is 4.11. The maximum atomic E-state index is 6.11. The van der Waals surface area contributed by atoms with Crippen LogP contribution in [0.5, 0.6) is 11.5 Å². The summed E-state index contributed by atoms with van der Waals surface area (Å²) in [7, 11) is 0. The van der Waals surface area contributed by atoms with E-state index in [9.17, 15) is 0 Å². The molecule has 0 fully saturated rings. The molecule has 0 N–H and O–H groups in total. The Kier molecular flexibility index (Phi) is 4.43. The van der Waals surface area contributed by atoms with E-state index in [1.165, 1.54) is 0 Å². The molecule has 0 aliphatic carbocycles. The highest BCUT2D eigenvalue weighted by Gasteiger charge is 2.29.